The van der Waals surface area contributed by atoms with Gasteiger partial charge in [0.1, 0.15) is 6.04 Å². The first-order valence-electron chi connectivity index (χ1n) is 9.99. The van der Waals surface area contributed by atoms with Crippen LogP contribution in [0.15, 0.2) is 48.5 Å². The van der Waals surface area contributed by atoms with Crippen LogP contribution in [0.5, 0.6) is 0 Å². The summed E-state index contributed by atoms with van der Waals surface area (Å²) in [6, 6.07) is 15.4. The van der Waals surface area contributed by atoms with Gasteiger partial charge < -0.3 is 10.6 Å². The molecule has 0 aliphatic heterocycles. The van der Waals surface area contributed by atoms with E-state index in [0.717, 1.165) is 40.7 Å². The van der Waals surface area contributed by atoms with E-state index in [1.54, 1.807) is 6.92 Å². The standard InChI is InChI=1S/C23H28N4O2/c1-16-14-17(2)27(26-16)13-7-12-24-23(29)18(3)25-22(28)15-20-10-6-9-19-8-4-5-11-21(19)20/h4-6,8-11,14,18H,7,12-13,15H2,1-3H3,(H,24,29)(H,25,28)/t18-/m1/s1. The fourth-order valence-corrected chi connectivity index (χ4v) is 3.47. The van der Waals surface area contributed by atoms with E-state index < -0.39 is 6.04 Å². The van der Waals surface area contributed by atoms with Crippen LogP contribution in [-0.2, 0) is 22.6 Å². The molecule has 6 heteroatoms. The number of carbonyl (C=O) groups excluding carboxylic acids is 2. The predicted octanol–water partition coefficient (Wildman–Crippen LogP) is 2.91. The van der Waals surface area contributed by atoms with Gasteiger partial charge in [0, 0.05) is 18.8 Å². The average Bonchev–Trinajstić information content (AvgIpc) is 3.02. The van der Waals surface area contributed by atoms with Gasteiger partial charge in [-0.3, -0.25) is 14.3 Å². The Morgan fingerprint density at radius 2 is 1.86 bits per heavy atom. The van der Waals surface area contributed by atoms with E-state index in [1.807, 2.05) is 67.1 Å². The topological polar surface area (TPSA) is 76.0 Å². The minimum absolute atomic E-state index is 0.161. The maximum atomic E-state index is 12.4. The first kappa shape index (κ1) is 20.6. The molecule has 2 aromatic carbocycles. The molecular formula is C23H28N4O2. The molecule has 29 heavy (non-hydrogen) atoms. The highest BCUT2D eigenvalue weighted by Gasteiger charge is 2.16. The molecule has 0 aliphatic carbocycles. The van der Waals surface area contributed by atoms with Crippen LogP contribution >= 0.6 is 0 Å². The van der Waals surface area contributed by atoms with Crippen molar-refractivity contribution >= 4 is 22.6 Å². The number of fused-ring (bicyclic) bond motifs is 1. The van der Waals surface area contributed by atoms with Gasteiger partial charge in [-0.1, -0.05) is 42.5 Å². The molecule has 152 valence electrons. The molecule has 0 bridgehead atoms. The lowest BCUT2D eigenvalue weighted by atomic mass is 10.0. The molecule has 1 aromatic heterocycles. The second-order valence-electron chi connectivity index (χ2n) is 7.40. The van der Waals surface area contributed by atoms with E-state index in [0.29, 0.717) is 6.54 Å². The summed E-state index contributed by atoms with van der Waals surface area (Å²) in [6.45, 7) is 6.99. The van der Waals surface area contributed by atoms with Gasteiger partial charge in [-0.15, -0.1) is 0 Å². The Morgan fingerprint density at radius 3 is 2.62 bits per heavy atom. The third-order valence-corrected chi connectivity index (χ3v) is 4.95. The largest absolute Gasteiger partial charge is 0.354 e. The van der Waals surface area contributed by atoms with Gasteiger partial charge in [-0.25, -0.2) is 0 Å². The molecule has 3 rings (SSSR count). The van der Waals surface area contributed by atoms with Crippen LogP contribution < -0.4 is 10.6 Å². The number of aromatic nitrogens is 2. The Balaban J connectivity index is 1.45. The van der Waals surface area contributed by atoms with Crippen LogP contribution in [0.25, 0.3) is 10.8 Å². The summed E-state index contributed by atoms with van der Waals surface area (Å²) in [5, 5.41) is 12.3. The van der Waals surface area contributed by atoms with Gasteiger partial charge in [-0.2, -0.15) is 5.10 Å². The molecule has 0 fully saturated rings. The van der Waals surface area contributed by atoms with Crippen molar-refractivity contribution in [3.8, 4) is 0 Å². The molecule has 6 nitrogen and oxygen atoms in total. The van der Waals surface area contributed by atoms with Crippen LogP contribution in [0.2, 0.25) is 0 Å². The third-order valence-electron chi connectivity index (χ3n) is 4.95. The molecule has 3 aromatic rings. The highest BCUT2D eigenvalue weighted by molar-refractivity contribution is 5.92. The van der Waals surface area contributed by atoms with Crippen LogP contribution in [0.3, 0.4) is 0 Å². The van der Waals surface area contributed by atoms with Crippen molar-refractivity contribution in [1.29, 1.82) is 0 Å². The molecule has 0 radical (unpaired) electrons. The molecule has 2 N–H and O–H groups in total. The minimum Gasteiger partial charge on any atom is -0.354 e. The van der Waals surface area contributed by atoms with Crippen LogP contribution in [0.4, 0.5) is 0 Å². The zero-order valence-electron chi connectivity index (χ0n) is 17.2. The lowest BCUT2D eigenvalue weighted by Gasteiger charge is -2.15. The highest BCUT2D eigenvalue weighted by atomic mass is 16.2. The summed E-state index contributed by atoms with van der Waals surface area (Å²) in [4.78, 5) is 24.7. The second kappa shape index (κ2) is 9.37. The molecule has 0 saturated heterocycles. The molecule has 1 heterocycles. The van der Waals surface area contributed by atoms with Crippen molar-refractivity contribution in [2.45, 2.75) is 46.2 Å². The van der Waals surface area contributed by atoms with E-state index >= 15 is 0 Å². The fourth-order valence-electron chi connectivity index (χ4n) is 3.47. The number of rotatable bonds is 8. The second-order valence-corrected chi connectivity index (χ2v) is 7.40. The molecule has 2 amide bonds. The molecule has 1 atom stereocenters. The Labute approximate surface area is 171 Å². The number of aryl methyl sites for hydroxylation is 3. The number of amides is 2. The van der Waals surface area contributed by atoms with E-state index in [2.05, 4.69) is 15.7 Å². The number of carbonyl (C=O) groups is 2. The molecule has 0 unspecified atom stereocenters. The number of nitrogens with one attached hydrogen (secondary N) is 2. The van der Waals surface area contributed by atoms with Crippen LogP contribution in [0.1, 0.15) is 30.3 Å². The smallest absolute Gasteiger partial charge is 0.242 e. The zero-order valence-corrected chi connectivity index (χ0v) is 17.2. The van der Waals surface area contributed by atoms with Crippen molar-refractivity contribution in [2.24, 2.45) is 0 Å². The number of hydrogen-bond donors (Lipinski definition) is 2. The van der Waals surface area contributed by atoms with Crippen molar-refractivity contribution in [3.63, 3.8) is 0 Å². The molecule has 0 aliphatic rings. The Morgan fingerprint density at radius 1 is 1.10 bits per heavy atom. The lowest BCUT2D eigenvalue weighted by molar-refractivity contribution is -0.128. The summed E-state index contributed by atoms with van der Waals surface area (Å²) in [5.41, 5.74) is 3.06. The maximum Gasteiger partial charge on any atom is 0.242 e. The van der Waals surface area contributed by atoms with Gasteiger partial charge in [0.25, 0.3) is 0 Å². The van der Waals surface area contributed by atoms with E-state index in [9.17, 15) is 9.59 Å². The molecular weight excluding hydrogens is 364 g/mol. The first-order valence-corrected chi connectivity index (χ1v) is 9.99. The van der Waals surface area contributed by atoms with E-state index in [1.165, 1.54) is 0 Å². The minimum atomic E-state index is -0.578. The average molecular weight is 393 g/mol. The Hall–Kier alpha value is -3.15. The van der Waals surface area contributed by atoms with E-state index in [4.69, 9.17) is 0 Å². The van der Waals surface area contributed by atoms with Gasteiger partial charge in [-0.05, 0) is 49.6 Å². The normalized spacial score (nSPS) is 12.0. The highest BCUT2D eigenvalue weighted by Crippen LogP contribution is 2.18. The van der Waals surface area contributed by atoms with Gasteiger partial charge in [0.15, 0.2) is 0 Å². The molecule has 0 saturated carbocycles. The summed E-state index contributed by atoms with van der Waals surface area (Å²) in [7, 11) is 0. The number of nitrogens with zero attached hydrogens (tertiary/aromatic N) is 2. The quantitative estimate of drug-likeness (QED) is 0.579. The number of hydrogen-bond acceptors (Lipinski definition) is 3. The van der Waals surface area contributed by atoms with Crippen molar-refractivity contribution in [1.82, 2.24) is 20.4 Å². The van der Waals surface area contributed by atoms with Crippen molar-refractivity contribution in [3.05, 3.63) is 65.5 Å². The predicted molar refractivity (Wildman–Crippen MR) is 115 cm³/mol. The van der Waals surface area contributed by atoms with Gasteiger partial charge >= 0.3 is 0 Å². The summed E-state index contributed by atoms with van der Waals surface area (Å²) < 4.78 is 1.94. The Kier molecular flexibility index (Phi) is 6.65. The summed E-state index contributed by atoms with van der Waals surface area (Å²) >= 11 is 0. The summed E-state index contributed by atoms with van der Waals surface area (Å²) in [6.07, 6.45) is 1.03. The summed E-state index contributed by atoms with van der Waals surface area (Å²) in [5.74, 6) is -0.337. The monoisotopic (exact) mass is 392 g/mol. The maximum absolute atomic E-state index is 12.4. The SMILES string of the molecule is Cc1cc(C)n(CCCNC(=O)[C@@H](C)NC(=O)Cc2cccc3ccccc23)n1. The van der Waals surface area contributed by atoms with Crippen LogP contribution in [0, 0.1) is 13.8 Å². The van der Waals surface area contributed by atoms with Crippen molar-refractivity contribution in [2.75, 3.05) is 6.54 Å². The first-order chi connectivity index (χ1) is 13.9. The number of benzene rings is 2. The molecule has 0 spiro atoms. The lowest BCUT2D eigenvalue weighted by Crippen LogP contribution is -2.45. The van der Waals surface area contributed by atoms with Gasteiger partial charge in [0.2, 0.25) is 11.8 Å². The van der Waals surface area contributed by atoms with Crippen molar-refractivity contribution < 1.29 is 9.59 Å². The fraction of sp³-hybridized carbons (Fsp3) is 0.348. The Bertz CT molecular complexity index is 1000. The van der Waals surface area contributed by atoms with E-state index in [-0.39, 0.29) is 18.2 Å². The zero-order chi connectivity index (χ0) is 20.8. The van der Waals surface area contributed by atoms with Gasteiger partial charge in [0.05, 0.1) is 12.1 Å². The van der Waals surface area contributed by atoms with Crippen LogP contribution in [-0.4, -0.2) is 34.2 Å². The third kappa shape index (κ3) is 5.44.